The molecule has 1 unspecified atom stereocenters. The number of thiazole rings is 1. The summed E-state index contributed by atoms with van der Waals surface area (Å²) in [6, 6.07) is 7.13. The largest absolute Gasteiger partial charge is 0.469 e. The van der Waals surface area contributed by atoms with Crippen molar-refractivity contribution in [3.05, 3.63) is 70.4 Å². The fourth-order valence-corrected chi connectivity index (χ4v) is 3.21. The maximum absolute atomic E-state index is 13.2. The lowest BCUT2D eigenvalue weighted by Crippen LogP contribution is -2.29. The number of hydrogen-bond donors (Lipinski definition) is 3. The Morgan fingerprint density at radius 3 is 2.89 bits per heavy atom. The fourth-order valence-electron chi connectivity index (χ4n) is 2.50. The molecule has 1 atom stereocenters. The molecule has 3 N–H and O–H groups in total. The van der Waals surface area contributed by atoms with Crippen LogP contribution in [0.4, 0.5) is 9.52 Å². The van der Waals surface area contributed by atoms with Crippen molar-refractivity contribution in [3.8, 4) is 0 Å². The Labute approximate surface area is 164 Å². The van der Waals surface area contributed by atoms with Crippen LogP contribution in [-0.4, -0.2) is 28.4 Å². The molecular formula is C19H18FN3O4S. The van der Waals surface area contributed by atoms with Crippen LogP contribution in [-0.2, 0) is 11.2 Å². The normalized spacial score (nSPS) is 11.8. The van der Waals surface area contributed by atoms with Crippen LogP contribution in [0.5, 0.6) is 0 Å². The topological polar surface area (TPSA) is 104 Å². The van der Waals surface area contributed by atoms with E-state index < -0.39 is 11.9 Å². The number of amides is 2. The summed E-state index contributed by atoms with van der Waals surface area (Å²) in [5.74, 6) is -0.629. The summed E-state index contributed by atoms with van der Waals surface area (Å²) < 4.78 is 18.3. The first-order chi connectivity index (χ1) is 13.4. The summed E-state index contributed by atoms with van der Waals surface area (Å²) >= 11 is 1.20. The van der Waals surface area contributed by atoms with E-state index in [9.17, 15) is 19.1 Å². The van der Waals surface area contributed by atoms with Gasteiger partial charge in [0.05, 0.1) is 30.0 Å². The molecule has 0 radical (unpaired) electrons. The van der Waals surface area contributed by atoms with Crippen LogP contribution in [0.3, 0.4) is 0 Å². The summed E-state index contributed by atoms with van der Waals surface area (Å²) in [7, 11) is 0. The van der Waals surface area contributed by atoms with E-state index in [1.165, 1.54) is 35.8 Å². The number of benzene rings is 1. The molecule has 0 aliphatic carbocycles. The number of nitrogens with zero attached hydrogens (tertiary/aromatic N) is 1. The minimum absolute atomic E-state index is 0.00696. The zero-order chi connectivity index (χ0) is 20.1. The summed E-state index contributed by atoms with van der Waals surface area (Å²) in [6.07, 6.45) is 0.413. The summed E-state index contributed by atoms with van der Waals surface area (Å²) in [4.78, 5) is 28.4. The molecule has 146 valence electrons. The first-order valence-electron chi connectivity index (χ1n) is 8.42. The fraction of sp³-hybridized carbons (Fsp3) is 0.211. The van der Waals surface area contributed by atoms with Gasteiger partial charge >= 0.3 is 0 Å². The predicted octanol–water partition coefficient (Wildman–Crippen LogP) is 2.83. The summed E-state index contributed by atoms with van der Waals surface area (Å²) in [5, 5.41) is 17.3. The van der Waals surface area contributed by atoms with E-state index in [-0.39, 0.29) is 24.8 Å². The van der Waals surface area contributed by atoms with Crippen molar-refractivity contribution in [1.82, 2.24) is 10.3 Å². The predicted molar refractivity (Wildman–Crippen MR) is 102 cm³/mol. The van der Waals surface area contributed by atoms with Gasteiger partial charge in [0.25, 0.3) is 5.91 Å². The maximum atomic E-state index is 13.2. The second-order valence-electron chi connectivity index (χ2n) is 6.04. The van der Waals surface area contributed by atoms with E-state index in [0.29, 0.717) is 27.7 Å². The van der Waals surface area contributed by atoms with Crippen molar-refractivity contribution in [3.63, 3.8) is 0 Å². The van der Waals surface area contributed by atoms with E-state index in [4.69, 9.17) is 4.42 Å². The van der Waals surface area contributed by atoms with Crippen LogP contribution in [0.15, 0.2) is 46.4 Å². The lowest BCUT2D eigenvalue weighted by Gasteiger charge is -2.12. The number of aliphatic hydroxyl groups is 1. The molecule has 0 aliphatic heterocycles. The van der Waals surface area contributed by atoms with Crippen LogP contribution in [0.1, 0.15) is 33.5 Å². The Morgan fingerprint density at radius 2 is 2.18 bits per heavy atom. The van der Waals surface area contributed by atoms with E-state index in [0.717, 1.165) is 0 Å². The van der Waals surface area contributed by atoms with Gasteiger partial charge in [0.1, 0.15) is 11.6 Å². The standard InChI is InChI=1S/C19H18FN3O4S/c1-11-15(5-6-27-11)18(26)23-19-22-14(10-28-19)8-17(25)21-9-16(24)12-3-2-4-13(20)7-12/h2-7,10,16,24H,8-9H2,1H3,(H,21,25)(H,22,23,26). The van der Waals surface area contributed by atoms with Crippen LogP contribution >= 0.6 is 11.3 Å². The number of nitrogens with one attached hydrogen (secondary N) is 2. The highest BCUT2D eigenvalue weighted by molar-refractivity contribution is 7.14. The van der Waals surface area contributed by atoms with Gasteiger partial charge in [-0.3, -0.25) is 14.9 Å². The average Bonchev–Trinajstić information content (AvgIpc) is 3.28. The average molecular weight is 403 g/mol. The van der Waals surface area contributed by atoms with Gasteiger partial charge in [-0.25, -0.2) is 9.37 Å². The molecule has 2 amide bonds. The number of furan rings is 1. The number of anilines is 1. The molecule has 1 aromatic carbocycles. The highest BCUT2D eigenvalue weighted by Gasteiger charge is 2.15. The minimum atomic E-state index is -1.01. The Morgan fingerprint density at radius 1 is 1.36 bits per heavy atom. The summed E-state index contributed by atoms with van der Waals surface area (Å²) in [5.41, 5.74) is 1.29. The second-order valence-corrected chi connectivity index (χ2v) is 6.90. The number of rotatable bonds is 7. The number of aliphatic hydroxyl groups excluding tert-OH is 1. The van der Waals surface area contributed by atoms with Gasteiger partial charge in [-0.15, -0.1) is 11.3 Å². The number of hydrogen-bond acceptors (Lipinski definition) is 6. The molecule has 3 aromatic rings. The van der Waals surface area contributed by atoms with Gasteiger partial charge in [0.2, 0.25) is 5.91 Å². The third-order valence-corrected chi connectivity index (χ3v) is 4.75. The molecule has 0 aliphatic rings. The zero-order valence-corrected chi connectivity index (χ0v) is 15.8. The maximum Gasteiger partial charge on any atom is 0.260 e. The molecule has 9 heteroatoms. The van der Waals surface area contributed by atoms with Crippen molar-refractivity contribution >= 4 is 28.3 Å². The van der Waals surface area contributed by atoms with Crippen molar-refractivity contribution in [2.45, 2.75) is 19.4 Å². The minimum Gasteiger partial charge on any atom is -0.469 e. The highest BCUT2D eigenvalue weighted by atomic mass is 32.1. The Kier molecular flexibility index (Phi) is 6.17. The molecule has 0 saturated carbocycles. The van der Waals surface area contributed by atoms with Crippen molar-refractivity contribution < 1.29 is 23.5 Å². The van der Waals surface area contributed by atoms with Gasteiger partial charge in [0, 0.05) is 11.9 Å². The highest BCUT2D eigenvalue weighted by Crippen LogP contribution is 2.18. The van der Waals surface area contributed by atoms with Crippen LogP contribution in [0.2, 0.25) is 0 Å². The van der Waals surface area contributed by atoms with Crippen LogP contribution < -0.4 is 10.6 Å². The molecule has 3 rings (SSSR count). The number of carbonyl (C=O) groups excluding carboxylic acids is 2. The van der Waals surface area contributed by atoms with E-state index >= 15 is 0 Å². The smallest absolute Gasteiger partial charge is 0.260 e. The molecule has 0 spiro atoms. The van der Waals surface area contributed by atoms with Crippen molar-refractivity contribution in [2.75, 3.05) is 11.9 Å². The van der Waals surface area contributed by atoms with Gasteiger partial charge in [-0.05, 0) is 30.7 Å². The molecule has 0 saturated heterocycles. The third kappa shape index (κ3) is 5.02. The Hall–Kier alpha value is -3.04. The van der Waals surface area contributed by atoms with Crippen molar-refractivity contribution in [1.29, 1.82) is 0 Å². The SMILES string of the molecule is Cc1occc1C(=O)Nc1nc(CC(=O)NCC(O)c2cccc(F)c2)cs1. The number of aromatic nitrogens is 1. The van der Waals surface area contributed by atoms with Gasteiger partial charge in [-0.2, -0.15) is 0 Å². The number of halogens is 1. The quantitative estimate of drug-likeness (QED) is 0.563. The molecule has 2 aromatic heterocycles. The summed E-state index contributed by atoms with van der Waals surface area (Å²) in [6.45, 7) is 1.64. The first-order valence-corrected chi connectivity index (χ1v) is 9.30. The van der Waals surface area contributed by atoms with Gasteiger partial charge < -0.3 is 14.8 Å². The second kappa shape index (κ2) is 8.77. The molecule has 0 fully saturated rings. The van der Waals surface area contributed by atoms with Crippen molar-refractivity contribution in [2.24, 2.45) is 0 Å². The van der Waals surface area contributed by atoms with E-state index in [1.54, 1.807) is 24.4 Å². The first kappa shape index (κ1) is 19.7. The van der Waals surface area contributed by atoms with E-state index in [2.05, 4.69) is 15.6 Å². The van der Waals surface area contributed by atoms with Crippen LogP contribution in [0.25, 0.3) is 0 Å². The van der Waals surface area contributed by atoms with Crippen LogP contribution in [0, 0.1) is 12.7 Å². The lowest BCUT2D eigenvalue weighted by molar-refractivity contribution is -0.120. The number of aryl methyl sites for hydroxylation is 1. The van der Waals surface area contributed by atoms with Gasteiger partial charge in [-0.1, -0.05) is 12.1 Å². The van der Waals surface area contributed by atoms with Gasteiger partial charge in [0.15, 0.2) is 5.13 Å². The molecule has 28 heavy (non-hydrogen) atoms. The zero-order valence-electron chi connectivity index (χ0n) is 14.9. The molecule has 7 nitrogen and oxygen atoms in total. The molecular weight excluding hydrogens is 385 g/mol. The number of carbonyl (C=O) groups is 2. The molecule has 2 heterocycles. The monoisotopic (exact) mass is 403 g/mol. The molecule has 0 bridgehead atoms. The third-order valence-electron chi connectivity index (χ3n) is 3.94. The Balaban J connectivity index is 1.50. The van der Waals surface area contributed by atoms with E-state index in [1.807, 2.05) is 0 Å². The Bertz CT molecular complexity index is 985. The lowest BCUT2D eigenvalue weighted by atomic mass is 10.1.